The molecule has 2 aromatic carbocycles. The zero-order valence-corrected chi connectivity index (χ0v) is 11.2. The number of hydrogen-bond donors (Lipinski definition) is 1. The molecule has 3 rings (SSSR count). The van der Waals surface area contributed by atoms with Crippen molar-refractivity contribution in [3.63, 3.8) is 0 Å². The Morgan fingerprint density at radius 2 is 1.80 bits per heavy atom. The van der Waals surface area contributed by atoms with Gasteiger partial charge in [0.1, 0.15) is 11.6 Å². The van der Waals surface area contributed by atoms with Gasteiger partial charge in [-0.05, 0) is 48.1 Å². The van der Waals surface area contributed by atoms with Crippen LogP contribution >= 0.6 is 0 Å². The van der Waals surface area contributed by atoms with Crippen molar-refractivity contribution in [2.75, 3.05) is 0 Å². The summed E-state index contributed by atoms with van der Waals surface area (Å²) < 4.78 is 26.3. The van der Waals surface area contributed by atoms with Crippen molar-refractivity contribution in [2.45, 2.75) is 31.8 Å². The number of halogens is 2. The van der Waals surface area contributed by atoms with Crippen LogP contribution in [0.5, 0.6) is 0 Å². The lowest BCUT2D eigenvalue weighted by atomic mass is 9.87. The number of rotatable bonds is 3. The minimum absolute atomic E-state index is 0.270. The van der Waals surface area contributed by atoms with E-state index in [1.54, 1.807) is 0 Å². The van der Waals surface area contributed by atoms with Gasteiger partial charge in [0.15, 0.2) is 0 Å². The molecule has 0 bridgehead atoms. The van der Waals surface area contributed by atoms with E-state index in [2.05, 4.69) is 23.5 Å². The first-order valence-electron chi connectivity index (χ1n) is 6.98. The van der Waals surface area contributed by atoms with E-state index in [1.807, 2.05) is 6.07 Å². The smallest absolute Gasteiger partial charge is 0.126 e. The molecule has 0 spiro atoms. The third kappa shape index (κ3) is 2.88. The van der Waals surface area contributed by atoms with Crippen molar-refractivity contribution in [1.29, 1.82) is 0 Å². The molecule has 0 saturated heterocycles. The van der Waals surface area contributed by atoms with Crippen molar-refractivity contribution in [2.24, 2.45) is 0 Å². The van der Waals surface area contributed by atoms with E-state index >= 15 is 0 Å². The van der Waals surface area contributed by atoms with Crippen molar-refractivity contribution in [3.05, 3.63) is 70.8 Å². The highest BCUT2D eigenvalue weighted by atomic mass is 19.1. The highest BCUT2D eigenvalue weighted by molar-refractivity contribution is 5.32. The second-order valence-corrected chi connectivity index (χ2v) is 5.30. The van der Waals surface area contributed by atoms with E-state index in [-0.39, 0.29) is 6.04 Å². The Balaban J connectivity index is 1.73. The Labute approximate surface area is 117 Å². The molecule has 1 unspecified atom stereocenters. The Kier molecular flexibility index (Phi) is 3.79. The van der Waals surface area contributed by atoms with Gasteiger partial charge in [0.25, 0.3) is 0 Å². The molecule has 0 saturated carbocycles. The van der Waals surface area contributed by atoms with Crippen LogP contribution in [0.1, 0.15) is 35.6 Å². The fourth-order valence-corrected chi connectivity index (χ4v) is 2.92. The van der Waals surface area contributed by atoms with Crippen LogP contribution in [-0.2, 0) is 13.0 Å². The van der Waals surface area contributed by atoms with Crippen LogP contribution in [0.3, 0.4) is 0 Å². The van der Waals surface area contributed by atoms with Gasteiger partial charge in [0.05, 0.1) is 0 Å². The Bertz CT molecular complexity index is 589. The second kappa shape index (κ2) is 5.71. The predicted molar refractivity (Wildman–Crippen MR) is 75.3 cm³/mol. The van der Waals surface area contributed by atoms with Gasteiger partial charge < -0.3 is 5.32 Å². The molecular weight excluding hydrogens is 256 g/mol. The molecule has 0 aliphatic heterocycles. The molecule has 0 aromatic heterocycles. The molecule has 1 aliphatic carbocycles. The van der Waals surface area contributed by atoms with E-state index < -0.39 is 11.6 Å². The monoisotopic (exact) mass is 273 g/mol. The van der Waals surface area contributed by atoms with Gasteiger partial charge in [-0.2, -0.15) is 0 Å². The molecule has 0 amide bonds. The predicted octanol–water partition coefficient (Wildman–Crippen LogP) is 4.13. The molecule has 104 valence electrons. The van der Waals surface area contributed by atoms with Crippen LogP contribution in [0, 0.1) is 11.6 Å². The van der Waals surface area contributed by atoms with Crippen LogP contribution in [-0.4, -0.2) is 0 Å². The molecule has 1 atom stereocenters. The van der Waals surface area contributed by atoms with Gasteiger partial charge in [-0.15, -0.1) is 0 Å². The quantitative estimate of drug-likeness (QED) is 0.886. The zero-order chi connectivity index (χ0) is 13.9. The van der Waals surface area contributed by atoms with Crippen LogP contribution in [0.15, 0.2) is 42.5 Å². The number of nitrogens with one attached hydrogen (secondary N) is 1. The number of fused-ring (bicyclic) bond motifs is 1. The summed E-state index contributed by atoms with van der Waals surface area (Å²) in [6, 6.07) is 12.3. The number of hydrogen-bond acceptors (Lipinski definition) is 1. The summed E-state index contributed by atoms with van der Waals surface area (Å²) in [5.74, 6) is -1.04. The van der Waals surface area contributed by atoms with E-state index in [4.69, 9.17) is 0 Å². The van der Waals surface area contributed by atoms with E-state index in [0.717, 1.165) is 25.3 Å². The van der Waals surface area contributed by atoms with Gasteiger partial charge in [-0.25, -0.2) is 8.78 Å². The van der Waals surface area contributed by atoms with Gasteiger partial charge in [0.2, 0.25) is 0 Å². The maximum Gasteiger partial charge on any atom is 0.126 e. The van der Waals surface area contributed by atoms with Crippen molar-refractivity contribution in [3.8, 4) is 0 Å². The lowest BCUT2D eigenvalue weighted by Gasteiger charge is -2.26. The third-order valence-corrected chi connectivity index (χ3v) is 3.84. The summed E-state index contributed by atoms with van der Waals surface area (Å²) in [5.41, 5.74) is 3.34. The normalized spacial score (nSPS) is 17.8. The second-order valence-electron chi connectivity index (χ2n) is 5.30. The summed E-state index contributed by atoms with van der Waals surface area (Å²) >= 11 is 0. The van der Waals surface area contributed by atoms with Crippen molar-refractivity contribution < 1.29 is 8.78 Å². The van der Waals surface area contributed by atoms with Gasteiger partial charge in [-0.3, -0.25) is 0 Å². The minimum atomic E-state index is -0.522. The average Bonchev–Trinajstić information content (AvgIpc) is 2.44. The molecule has 2 aromatic rings. The molecular formula is C17H17F2N. The lowest BCUT2D eigenvalue weighted by Crippen LogP contribution is -2.24. The maximum atomic E-state index is 13.2. The van der Waals surface area contributed by atoms with E-state index in [9.17, 15) is 8.78 Å². The van der Waals surface area contributed by atoms with E-state index in [0.29, 0.717) is 12.1 Å². The van der Waals surface area contributed by atoms with Crippen LogP contribution in [0.4, 0.5) is 8.78 Å². The highest BCUT2D eigenvalue weighted by Gasteiger charge is 2.19. The average molecular weight is 273 g/mol. The molecule has 1 N–H and O–H groups in total. The molecule has 0 radical (unpaired) electrons. The molecule has 20 heavy (non-hydrogen) atoms. The summed E-state index contributed by atoms with van der Waals surface area (Å²) in [6.07, 6.45) is 3.32. The summed E-state index contributed by atoms with van der Waals surface area (Å²) in [7, 11) is 0. The molecule has 3 heteroatoms. The third-order valence-electron chi connectivity index (χ3n) is 3.84. The molecule has 0 heterocycles. The minimum Gasteiger partial charge on any atom is -0.306 e. The standard InChI is InChI=1S/C17H17F2N/c18-14-8-12(9-15(19)10-14)11-20-17-7-3-5-13-4-1-2-6-16(13)17/h1-2,4,6,8-10,17,20H,3,5,7,11H2. The van der Waals surface area contributed by atoms with Gasteiger partial charge in [0, 0.05) is 18.7 Å². The number of aryl methyl sites for hydroxylation is 1. The Morgan fingerprint density at radius 1 is 1.05 bits per heavy atom. The van der Waals surface area contributed by atoms with Crippen LogP contribution in [0.25, 0.3) is 0 Å². The fourth-order valence-electron chi connectivity index (χ4n) is 2.92. The molecule has 1 nitrogen and oxygen atoms in total. The molecule has 1 aliphatic rings. The largest absolute Gasteiger partial charge is 0.306 e. The topological polar surface area (TPSA) is 12.0 Å². The number of benzene rings is 2. The van der Waals surface area contributed by atoms with E-state index in [1.165, 1.54) is 23.3 Å². The van der Waals surface area contributed by atoms with Crippen molar-refractivity contribution >= 4 is 0 Å². The first-order chi connectivity index (χ1) is 9.72. The maximum absolute atomic E-state index is 13.2. The first kappa shape index (κ1) is 13.3. The lowest BCUT2D eigenvalue weighted by molar-refractivity contribution is 0.457. The Morgan fingerprint density at radius 3 is 2.60 bits per heavy atom. The first-order valence-corrected chi connectivity index (χ1v) is 6.98. The highest BCUT2D eigenvalue weighted by Crippen LogP contribution is 2.29. The van der Waals surface area contributed by atoms with Crippen LogP contribution in [0.2, 0.25) is 0 Å². The molecule has 0 fully saturated rings. The van der Waals surface area contributed by atoms with Crippen molar-refractivity contribution in [1.82, 2.24) is 5.32 Å². The summed E-state index contributed by atoms with van der Waals surface area (Å²) in [6.45, 7) is 0.480. The SMILES string of the molecule is Fc1cc(F)cc(CNC2CCCc3ccccc32)c1. The summed E-state index contributed by atoms with van der Waals surface area (Å²) in [4.78, 5) is 0. The van der Waals surface area contributed by atoms with Gasteiger partial charge in [-0.1, -0.05) is 24.3 Å². The van der Waals surface area contributed by atoms with Gasteiger partial charge >= 0.3 is 0 Å². The van der Waals surface area contributed by atoms with Crippen LogP contribution < -0.4 is 5.32 Å². The Hall–Kier alpha value is -1.74. The summed E-state index contributed by atoms with van der Waals surface area (Å²) in [5, 5.41) is 3.42. The zero-order valence-electron chi connectivity index (χ0n) is 11.2. The fraction of sp³-hybridized carbons (Fsp3) is 0.294.